The topological polar surface area (TPSA) is 27.1 Å². The molecule has 3 heterocycles. The van der Waals surface area contributed by atoms with Gasteiger partial charge in [0, 0.05) is 32.2 Å². The lowest BCUT2D eigenvalue weighted by molar-refractivity contribution is 0.111. The average Bonchev–Trinajstić information content (AvgIpc) is 2.86. The van der Waals surface area contributed by atoms with Gasteiger partial charge in [0.25, 0.3) is 0 Å². The summed E-state index contributed by atoms with van der Waals surface area (Å²) in [5.74, 6) is 1.29. The van der Waals surface area contributed by atoms with Gasteiger partial charge in [-0.3, -0.25) is 0 Å². The Morgan fingerprint density at radius 2 is 2.40 bits per heavy atom. The highest BCUT2D eigenvalue weighted by Crippen LogP contribution is 2.19. The molecule has 82 valence electrons. The minimum atomic E-state index is 0.432. The van der Waals surface area contributed by atoms with Gasteiger partial charge in [-0.1, -0.05) is 0 Å². The second-order valence-electron chi connectivity index (χ2n) is 4.64. The van der Waals surface area contributed by atoms with Gasteiger partial charge in [0.15, 0.2) is 0 Å². The zero-order valence-electron chi connectivity index (χ0n) is 9.11. The Labute approximate surface area is 90.5 Å². The van der Waals surface area contributed by atoms with Crippen molar-refractivity contribution in [2.45, 2.75) is 51.2 Å². The number of aryl methyl sites for hydroxylation is 2. The molecule has 1 fully saturated rings. The first-order valence-corrected chi connectivity index (χ1v) is 6.08. The van der Waals surface area contributed by atoms with Crippen LogP contribution in [-0.4, -0.2) is 22.3 Å². The van der Waals surface area contributed by atoms with Gasteiger partial charge in [0.05, 0.1) is 11.8 Å². The molecule has 0 saturated carbocycles. The van der Waals surface area contributed by atoms with Crippen LogP contribution in [0.5, 0.6) is 0 Å². The lowest BCUT2D eigenvalue weighted by Gasteiger charge is -2.11. The van der Waals surface area contributed by atoms with E-state index < -0.39 is 0 Å². The molecule has 1 atom stereocenters. The van der Waals surface area contributed by atoms with Crippen LogP contribution >= 0.6 is 0 Å². The molecule has 15 heavy (non-hydrogen) atoms. The van der Waals surface area contributed by atoms with Gasteiger partial charge in [0.1, 0.15) is 5.82 Å². The van der Waals surface area contributed by atoms with E-state index in [2.05, 4.69) is 10.8 Å². The van der Waals surface area contributed by atoms with E-state index in [0.717, 1.165) is 26.0 Å². The Morgan fingerprint density at radius 1 is 1.40 bits per heavy atom. The Kier molecular flexibility index (Phi) is 2.49. The van der Waals surface area contributed by atoms with E-state index in [4.69, 9.17) is 9.72 Å². The maximum Gasteiger partial charge on any atom is 0.108 e. The largest absolute Gasteiger partial charge is 0.378 e. The van der Waals surface area contributed by atoms with Crippen LogP contribution in [0.2, 0.25) is 0 Å². The molecule has 0 radical (unpaired) electrons. The van der Waals surface area contributed by atoms with Gasteiger partial charge in [-0.25, -0.2) is 4.98 Å². The zero-order valence-corrected chi connectivity index (χ0v) is 9.11. The molecule has 1 aromatic rings. The van der Waals surface area contributed by atoms with Crippen LogP contribution in [-0.2, 0) is 24.1 Å². The first kappa shape index (κ1) is 9.40. The molecule has 3 nitrogen and oxygen atoms in total. The van der Waals surface area contributed by atoms with Crippen molar-refractivity contribution in [3.05, 3.63) is 17.7 Å². The fourth-order valence-corrected chi connectivity index (χ4v) is 2.61. The van der Waals surface area contributed by atoms with Gasteiger partial charge in [-0.2, -0.15) is 0 Å². The first-order chi connectivity index (χ1) is 7.42. The summed E-state index contributed by atoms with van der Waals surface area (Å²) >= 11 is 0. The van der Waals surface area contributed by atoms with Crippen LogP contribution in [0.4, 0.5) is 0 Å². The molecule has 2 aliphatic heterocycles. The van der Waals surface area contributed by atoms with E-state index in [1.807, 2.05) is 0 Å². The third-order valence-corrected chi connectivity index (χ3v) is 3.42. The highest BCUT2D eigenvalue weighted by Gasteiger charge is 2.19. The van der Waals surface area contributed by atoms with Crippen molar-refractivity contribution in [2.24, 2.45) is 0 Å². The van der Waals surface area contributed by atoms with Crippen LogP contribution in [0.3, 0.4) is 0 Å². The molecule has 0 aromatic carbocycles. The summed E-state index contributed by atoms with van der Waals surface area (Å²) in [6, 6.07) is 0. The van der Waals surface area contributed by atoms with Gasteiger partial charge in [-0.15, -0.1) is 0 Å². The fourth-order valence-electron chi connectivity index (χ4n) is 2.61. The van der Waals surface area contributed by atoms with E-state index in [-0.39, 0.29) is 0 Å². The number of nitrogens with zero attached hydrogens (tertiary/aromatic N) is 2. The number of imidazole rings is 1. The summed E-state index contributed by atoms with van der Waals surface area (Å²) in [4.78, 5) is 4.70. The number of ether oxygens (including phenoxy) is 1. The van der Waals surface area contributed by atoms with Gasteiger partial charge in [0.2, 0.25) is 0 Å². The lowest BCUT2D eigenvalue weighted by Crippen LogP contribution is -2.09. The quantitative estimate of drug-likeness (QED) is 0.739. The van der Waals surface area contributed by atoms with E-state index in [0.29, 0.717) is 6.10 Å². The molecule has 1 aromatic heterocycles. The molecule has 0 spiro atoms. The summed E-state index contributed by atoms with van der Waals surface area (Å²) in [5.41, 5.74) is 1.24. The molecule has 0 amide bonds. The molecule has 0 N–H and O–H groups in total. The summed E-state index contributed by atoms with van der Waals surface area (Å²) in [6.45, 7) is 2.10. The zero-order chi connectivity index (χ0) is 10.1. The Balaban J connectivity index is 1.72. The summed E-state index contributed by atoms with van der Waals surface area (Å²) in [6.07, 6.45) is 9.88. The van der Waals surface area contributed by atoms with Crippen molar-refractivity contribution < 1.29 is 4.74 Å². The maximum absolute atomic E-state index is 5.64. The maximum atomic E-state index is 5.64. The average molecular weight is 206 g/mol. The van der Waals surface area contributed by atoms with Gasteiger partial charge in [-0.05, 0) is 25.7 Å². The highest BCUT2D eigenvalue weighted by molar-refractivity contribution is 5.07. The number of fused-ring (bicyclic) bond motifs is 1. The number of hydrogen-bond donors (Lipinski definition) is 0. The first-order valence-electron chi connectivity index (χ1n) is 6.08. The molecule has 3 rings (SSSR count). The molecule has 0 bridgehead atoms. The molecule has 1 saturated heterocycles. The normalized spacial score (nSPS) is 25.5. The second kappa shape index (κ2) is 3.97. The number of hydrogen-bond acceptors (Lipinski definition) is 2. The minimum absolute atomic E-state index is 0.432. The summed E-state index contributed by atoms with van der Waals surface area (Å²) in [5, 5.41) is 0. The van der Waals surface area contributed by atoms with Crippen molar-refractivity contribution >= 4 is 0 Å². The van der Waals surface area contributed by atoms with E-state index in [1.165, 1.54) is 37.2 Å². The van der Waals surface area contributed by atoms with E-state index >= 15 is 0 Å². The highest BCUT2D eigenvalue weighted by atomic mass is 16.5. The standard InChI is InChI=1S/C12H18N2O/c1-2-6-14-9-10(13-12(14)5-1)8-11-4-3-7-15-11/h9,11H,1-8H2. The van der Waals surface area contributed by atoms with E-state index in [9.17, 15) is 0 Å². The minimum Gasteiger partial charge on any atom is -0.378 e. The summed E-state index contributed by atoms with van der Waals surface area (Å²) in [7, 11) is 0. The van der Waals surface area contributed by atoms with Crippen molar-refractivity contribution in [3.63, 3.8) is 0 Å². The lowest BCUT2D eigenvalue weighted by atomic mass is 10.1. The van der Waals surface area contributed by atoms with E-state index in [1.54, 1.807) is 0 Å². The van der Waals surface area contributed by atoms with Crippen LogP contribution < -0.4 is 0 Å². The number of rotatable bonds is 2. The SMILES string of the molecule is c1c(CC2CCCO2)nc2n1CCCC2. The van der Waals surface area contributed by atoms with Crippen molar-refractivity contribution in [2.75, 3.05) is 6.61 Å². The fraction of sp³-hybridized carbons (Fsp3) is 0.750. The molecule has 3 heteroatoms. The molecule has 1 unspecified atom stereocenters. The van der Waals surface area contributed by atoms with Crippen molar-refractivity contribution in [1.29, 1.82) is 0 Å². The van der Waals surface area contributed by atoms with Crippen molar-refractivity contribution in [3.8, 4) is 0 Å². The van der Waals surface area contributed by atoms with Gasteiger partial charge >= 0.3 is 0 Å². The monoisotopic (exact) mass is 206 g/mol. The van der Waals surface area contributed by atoms with Crippen molar-refractivity contribution in [1.82, 2.24) is 9.55 Å². The predicted molar refractivity (Wildman–Crippen MR) is 57.8 cm³/mol. The molecule has 2 aliphatic rings. The predicted octanol–water partition coefficient (Wildman–Crippen LogP) is 1.94. The van der Waals surface area contributed by atoms with Gasteiger partial charge < -0.3 is 9.30 Å². The Hall–Kier alpha value is -0.830. The molecular weight excluding hydrogens is 188 g/mol. The second-order valence-corrected chi connectivity index (χ2v) is 4.64. The Morgan fingerprint density at radius 3 is 3.20 bits per heavy atom. The van der Waals surface area contributed by atoms with Crippen LogP contribution in [0, 0.1) is 0 Å². The number of aromatic nitrogens is 2. The molecular formula is C12H18N2O. The van der Waals surface area contributed by atoms with Crippen LogP contribution in [0.25, 0.3) is 0 Å². The Bertz CT molecular complexity index is 316. The van der Waals surface area contributed by atoms with Crippen LogP contribution in [0.1, 0.15) is 37.2 Å². The van der Waals surface area contributed by atoms with Crippen LogP contribution in [0.15, 0.2) is 6.20 Å². The summed E-state index contributed by atoms with van der Waals surface area (Å²) < 4.78 is 7.97. The third kappa shape index (κ3) is 1.93. The molecule has 0 aliphatic carbocycles. The third-order valence-electron chi connectivity index (χ3n) is 3.42. The smallest absolute Gasteiger partial charge is 0.108 e.